The van der Waals surface area contributed by atoms with E-state index in [0.29, 0.717) is 0 Å². The largest absolute Gasteiger partial charge is 0.0776 e. The average Bonchev–Trinajstić information content (AvgIpc) is 1.95. The van der Waals surface area contributed by atoms with Gasteiger partial charge in [0.15, 0.2) is 0 Å². The van der Waals surface area contributed by atoms with E-state index < -0.39 is 0 Å². The predicted octanol–water partition coefficient (Wildman–Crippen LogP) is 4.86. The lowest BCUT2D eigenvalue weighted by Crippen LogP contribution is -1.81. The second-order valence-corrected chi connectivity index (χ2v) is 2.74. The number of hydrogen-bond donors (Lipinski definition) is 0. The van der Waals surface area contributed by atoms with Crippen molar-refractivity contribution in [3.63, 3.8) is 0 Å². The van der Waals surface area contributed by atoms with Crippen LogP contribution in [0.3, 0.4) is 0 Å². The van der Waals surface area contributed by atoms with Gasteiger partial charge in [0.05, 0.1) is 0 Å². The van der Waals surface area contributed by atoms with Gasteiger partial charge in [-0.15, -0.1) is 0 Å². The molecule has 0 heteroatoms. The first-order valence-electron chi connectivity index (χ1n) is 3.88. The predicted molar refractivity (Wildman–Crippen MR) is 65.4 cm³/mol. The van der Waals surface area contributed by atoms with Gasteiger partial charge in [0, 0.05) is 0 Å². The van der Waals surface area contributed by atoms with E-state index in [2.05, 4.69) is 38.1 Å². The molecule has 0 atom stereocenters. The highest BCUT2D eigenvalue weighted by Gasteiger charge is 1.87. The van der Waals surface area contributed by atoms with Crippen molar-refractivity contribution in [1.82, 2.24) is 0 Å². The topological polar surface area (TPSA) is 0 Å². The number of aryl methyl sites for hydroxylation is 2. The molecule has 0 aliphatic rings. The maximum atomic E-state index is 2.21. The standard InChI is InChI=1S/C10H14.3CH4/c1-3-4-10-7-5-9(2)6-8-10;;;/h5-8H,3-4H2,1-2H3;3*1H4. The Labute approximate surface area is 85.0 Å². The summed E-state index contributed by atoms with van der Waals surface area (Å²) in [5.74, 6) is 0. The molecular formula is C13H26. The lowest BCUT2D eigenvalue weighted by Gasteiger charge is -1.97. The summed E-state index contributed by atoms with van der Waals surface area (Å²) in [6.45, 7) is 4.33. The first kappa shape index (κ1) is 18.1. The monoisotopic (exact) mass is 182 g/mol. The molecule has 1 aromatic carbocycles. The van der Waals surface area contributed by atoms with E-state index in [1.807, 2.05) is 0 Å². The van der Waals surface area contributed by atoms with Crippen LogP contribution in [0.1, 0.15) is 46.8 Å². The third-order valence-corrected chi connectivity index (χ3v) is 1.66. The van der Waals surface area contributed by atoms with Crippen LogP contribution in [0.4, 0.5) is 0 Å². The summed E-state index contributed by atoms with van der Waals surface area (Å²) in [7, 11) is 0. The summed E-state index contributed by atoms with van der Waals surface area (Å²) in [6, 6.07) is 8.76. The number of benzene rings is 1. The molecule has 0 aromatic heterocycles. The van der Waals surface area contributed by atoms with E-state index in [1.54, 1.807) is 0 Å². The molecule has 0 unspecified atom stereocenters. The smallest absolute Gasteiger partial charge is 0.0281 e. The van der Waals surface area contributed by atoms with Crippen LogP contribution in [-0.2, 0) is 6.42 Å². The molecule has 0 bridgehead atoms. The second-order valence-electron chi connectivity index (χ2n) is 2.74. The van der Waals surface area contributed by atoms with Crippen LogP contribution in [-0.4, -0.2) is 0 Å². The lowest BCUT2D eigenvalue weighted by molar-refractivity contribution is 0.921. The lowest BCUT2D eigenvalue weighted by atomic mass is 10.1. The highest BCUT2D eigenvalue weighted by Crippen LogP contribution is 2.04. The molecule has 0 N–H and O–H groups in total. The highest BCUT2D eigenvalue weighted by atomic mass is 13.9. The summed E-state index contributed by atoms with van der Waals surface area (Å²) in [5, 5.41) is 0. The van der Waals surface area contributed by atoms with E-state index in [4.69, 9.17) is 0 Å². The molecule has 0 spiro atoms. The van der Waals surface area contributed by atoms with E-state index in [0.717, 1.165) is 0 Å². The van der Waals surface area contributed by atoms with E-state index in [9.17, 15) is 0 Å². The molecule has 0 nitrogen and oxygen atoms in total. The van der Waals surface area contributed by atoms with E-state index in [1.165, 1.54) is 24.0 Å². The summed E-state index contributed by atoms with van der Waals surface area (Å²) < 4.78 is 0. The van der Waals surface area contributed by atoms with Gasteiger partial charge in [-0.05, 0) is 18.9 Å². The molecule has 0 fully saturated rings. The quantitative estimate of drug-likeness (QED) is 0.613. The molecule has 0 saturated carbocycles. The summed E-state index contributed by atoms with van der Waals surface area (Å²) in [6.07, 6.45) is 2.45. The summed E-state index contributed by atoms with van der Waals surface area (Å²) in [4.78, 5) is 0. The minimum atomic E-state index is 0. The Morgan fingerprint density at radius 2 is 1.38 bits per heavy atom. The molecule has 0 heterocycles. The fourth-order valence-electron chi connectivity index (χ4n) is 1.04. The van der Waals surface area contributed by atoms with Crippen molar-refractivity contribution in [3.05, 3.63) is 35.4 Å². The number of rotatable bonds is 2. The fourth-order valence-corrected chi connectivity index (χ4v) is 1.04. The zero-order valence-electron chi connectivity index (χ0n) is 6.72. The maximum Gasteiger partial charge on any atom is -0.0281 e. The van der Waals surface area contributed by atoms with Crippen LogP contribution in [0, 0.1) is 6.92 Å². The Morgan fingerprint density at radius 1 is 0.923 bits per heavy atom. The molecule has 0 aliphatic heterocycles. The minimum absolute atomic E-state index is 0. The van der Waals surface area contributed by atoms with Crippen LogP contribution < -0.4 is 0 Å². The van der Waals surface area contributed by atoms with Gasteiger partial charge < -0.3 is 0 Å². The van der Waals surface area contributed by atoms with Gasteiger partial charge >= 0.3 is 0 Å². The molecular weight excluding hydrogens is 156 g/mol. The van der Waals surface area contributed by atoms with Crippen molar-refractivity contribution >= 4 is 0 Å². The highest BCUT2D eigenvalue weighted by molar-refractivity contribution is 5.21. The minimum Gasteiger partial charge on any atom is -0.0776 e. The molecule has 0 aliphatic carbocycles. The Kier molecular flexibility index (Phi) is 13.0. The van der Waals surface area contributed by atoms with Crippen molar-refractivity contribution in [1.29, 1.82) is 0 Å². The van der Waals surface area contributed by atoms with Gasteiger partial charge in [0.2, 0.25) is 0 Å². The zero-order chi connectivity index (χ0) is 7.40. The van der Waals surface area contributed by atoms with Gasteiger partial charge in [-0.1, -0.05) is 65.5 Å². The zero-order valence-corrected chi connectivity index (χ0v) is 6.72. The molecule has 78 valence electrons. The summed E-state index contributed by atoms with van der Waals surface area (Å²) >= 11 is 0. The molecule has 1 rings (SSSR count). The Hall–Kier alpha value is -0.780. The fraction of sp³-hybridized carbons (Fsp3) is 0.538. The first-order valence-corrected chi connectivity index (χ1v) is 3.88. The molecule has 0 radical (unpaired) electrons. The van der Waals surface area contributed by atoms with Crippen molar-refractivity contribution in [2.24, 2.45) is 0 Å². The van der Waals surface area contributed by atoms with Crippen molar-refractivity contribution in [2.45, 2.75) is 49.0 Å². The molecule has 0 amide bonds. The van der Waals surface area contributed by atoms with Crippen molar-refractivity contribution in [3.8, 4) is 0 Å². The van der Waals surface area contributed by atoms with Crippen molar-refractivity contribution in [2.75, 3.05) is 0 Å². The second kappa shape index (κ2) is 9.31. The van der Waals surface area contributed by atoms with Gasteiger partial charge in [0.25, 0.3) is 0 Å². The molecule has 13 heavy (non-hydrogen) atoms. The van der Waals surface area contributed by atoms with Gasteiger partial charge in [0.1, 0.15) is 0 Å². The third-order valence-electron chi connectivity index (χ3n) is 1.66. The van der Waals surface area contributed by atoms with Crippen LogP contribution in [0.15, 0.2) is 24.3 Å². The average molecular weight is 182 g/mol. The van der Waals surface area contributed by atoms with Gasteiger partial charge in [-0.3, -0.25) is 0 Å². The van der Waals surface area contributed by atoms with Gasteiger partial charge in [-0.25, -0.2) is 0 Å². The Morgan fingerprint density at radius 3 is 1.77 bits per heavy atom. The van der Waals surface area contributed by atoms with E-state index >= 15 is 0 Å². The SMILES string of the molecule is C.C.C.CCCc1ccc(C)cc1. The Balaban J connectivity index is -0.000000333. The van der Waals surface area contributed by atoms with Gasteiger partial charge in [-0.2, -0.15) is 0 Å². The first-order chi connectivity index (χ1) is 4.83. The molecule has 1 aromatic rings. The molecule has 0 saturated heterocycles. The normalized spacial score (nSPS) is 7.54. The van der Waals surface area contributed by atoms with Crippen LogP contribution >= 0.6 is 0 Å². The third kappa shape index (κ3) is 6.39. The van der Waals surface area contributed by atoms with E-state index in [-0.39, 0.29) is 22.3 Å². The maximum absolute atomic E-state index is 2.21. The van der Waals surface area contributed by atoms with Crippen LogP contribution in [0.5, 0.6) is 0 Å². The summed E-state index contributed by atoms with van der Waals surface area (Å²) in [5.41, 5.74) is 2.80. The van der Waals surface area contributed by atoms with Crippen LogP contribution in [0.25, 0.3) is 0 Å². The number of hydrogen-bond acceptors (Lipinski definition) is 0. The van der Waals surface area contributed by atoms with Crippen molar-refractivity contribution < 1.29 is 0 Å². The van der Waals surface area contributed by atoms with Crippen LogP contribution in [0.2, 0.25) is 0 Å². The Bertz CT molecular complexity index is 184.